The summed E-state index contributed by atoms with van der Waals surface area (Å²) >= 11 is 0. The fraction of sp³-hybridized carbons (Fsp3) is 0.400. The van der Waals surface area contributed by atoms with Crippen LogP contribution in [0.5, 0.6) is 0 Å². The van der Waals surface area contributed by atoms with Gasteiger partial charge in [0.25, 0.3) is 0 Å². The van der Waals surface area contributed by atoms with Gasteiger partial charge in [-0.3, -0.25) is 0 Å². The molecule has 4 N–H and O–H groups in total. The van der Waals surface area contributed by atoms with Crippen molar-refractivity contribution in [1.82, 2.24) is 0 Å². The molecular formula is C10H13FN2O. The lowest BCUT2D eigenvalue weighted by Gasteiger charge is -2.33. The number of anilines is 2. The molecule has 0 bridgehead atoms. The maximum atomic E-state index is 12.9. The molecule has 4 heteroatoms. The summed E-state index contributed by atoms with van der Waals surface area (Å²) in [7, 11) is 0. The molecule has 0 spiro atoms. The monoisotopic (exact) mass is 196 g/mol. The molecule has 0 aromatic heterocycles. The van der Waals surface area contributed by atoms with Gasteiger partial charge in [0.2, 0.25) is 0 Å². The van der Waals surface area contributed by atoms with E-state index in [0.717, 1.165) is 0 Å². The first kappa shape index (κ1) is 9.27. The van der Waals surface area contributed by atoms with Gasteiger partial charge in [-0.25, -0.2) is 4.39 Å². The quantitative estimate of drug-likeness (QED) is 0.626. The van der Waals surface area contributed by atoms with Gasteiger partial charge in [-0.05, 0) is 31.0 Å². The SMILES string of the molecule is Nc1ccc(F)cc1NC1CC(O)C1. The number of aliphatic hydroxyl groups excluding tert-OH is 1. The van der Waals surface area contributed by atoms with Crippen molar-refractivity contribution in [3.63, 3.8) is 0 Å². The first-order chi connectivity index (χ1) is 6.65. The lowest BCUT2D eigenvalue weighted by atomic mass is 9.89. The highest BCUT2D eigenvalue weighted by Crippen LogP contribution is 2.27. The van der Waals surface area contributed by atoms with E-state index in [-0.39, 0.29) is 18.0 Å². The fourth-order valence-corrected chi connectivity index (χ4v) is 1.58. The Kier molecular flexibility index (Phi) is 2.29. The van der Waals surface area contributed by atoms with Gasteiger partial charge in [-0.2, -0.15) is 0 Å². The van der Waals surface area contributed by atoms with Gasteiger partial charge in [-0.15, -0.1) is 0 Å². The molecule has 2 rings (SSSR count). The molecular weight excluding hydrogens is 183 g/mol. The molecule has 3 nitrogen and oxygen atoms in total. The van der Waals surface area contributed by atoms with E-state index < -0.39 is 0 Å². The number of nitrogens with one attached hydrogen (secondary N) is 1. The summed E-state index contributed by atoms with van der Waals surface area (Å²) in [6, 6.07) is 4.46. The van der Waals surface area contributed by atoms with Crippen LogP contribution in [-0.2, 0) is 0 Å². The van der Waals surface area contributed by atoms with Crippen LogP contribution in [-0.4, -0.2) is 17.3 Å². The number of aliphatic hydroxyl groups is 1. The van der Waals surface area contributed by atoms with E-state index in [1.54, 1.807) is 0 Å². The Morgan fingerprint density at radius 2 is 2.14 bits per heavy atom. The van der Waals surface area contributed by atoms with E-state index in [0.29, 0.717) is 24.2 Å². The molecule has 76 valence electrons. The van der Waals surface area contributed by atoms with Gasteiger partial charge in [0.1, 0.15) is 5.82 Å². The third-order valence-corrected chi connectivity index (χ3v) is 2.49. The van der Waals surface area contributed by atoms with Gasteiger partial charge < -0.3 is 16.2 Å². The minimum Gasteiger partial charge on any atom is -0.397 e. The number of halogens is 1. The Morgan fingerprint density at radius 3 is 2.79 bits per heavy atom. The van der Waals surface area contributed by atoms with Crippen LogP contribution in [0.15, 0.2) is 18.2 Å². The molecule has 1 fully saturated rings. The second kappa shape index (κ2) is 3.46. The summed E-state index contributed by atoms with van der Waals surface area (Å²) in [5.74, 6) is -0.304. The topological polar surface area (TPSA) is 58.3 Å². The van der Waals surface area contributed by atoms with Crippen molar-refractivity contribution >= 4 is 11.4 Å². The molecule has 0 atom stereocenters. The van der Waals surface area contributed by atoms with Crippen LogP contribution in [0.3, 0.4) is 0 Å². The fourth-order valence-electron chi connectivity index (χ4n) is 1.58. The average Bonchev–Trinajstić information content (AvgIpc) is 2.09. The van der Waals surface area contributed by atoms with E-state index in [4.69, 9.17) is 10.8 Å². The van der Waals surface area contributed by atoms with Gasteiger partial charge in [-0.1, -0.05) is 0 Å². The maximum absolute atomic E-state index is 12.9. The third-order valence-electron chi connectivity index (χ3n) is 2.49. The number of nitrogens with two attached hydrogens (primary N) is 1. The molecule has 1 aliphatic rings. The molecule has 1 aromatic rings. The Hall–Kier alpha value is -1.29. The number of hydrogen-bond acceptors (Lipinski definition) is 3. The van der Waals surface area contributed by atoms with Crippen LogP contribution in [0.1, 0.15) is 12.8 Å². The van der Waals surface area contributed by atoms with Crippen LogP contribution < -0.4 is 11.1 Å². The summed E-state index contributed by atoms with van der Waals surface area (Å²) in [5, 5.41) is 12.2. The number of rotatable bonds is 2. The molecule has 14 heavy (non-hydrogen) atoms. The molecule has 1 saturated carbocycles. The predicted molar refractivity (Wildman–Crippen MR) is 53.5 cm³/mol. The zero-order valence-corrected chi connectivity index (χ0v) is 7.70. The van der Waals surface area contributed by atoms with Crippen molar-refractivity contribution in [2.75, 3.05) is 11.1 Å². The lowest BCUT2D eigenvalue weighted by molar-refractivity contribution is 0.0837. The Balaban J connectivity index is 2.05. The highest BCUT2D eigenvalue weighted by molar-refractivity contribution is 5.66. The van der Waals surface area contributed by atoms with E-state index in [2.05, 4.69) is 5.32 Å². The molecule has 0 heterocycles. The van der Waals surface area contributed by atoms with Crippen molar-refractivity contribution in [2.24, 2.45) is 0 Å². The minimum absolute atomic E-state index is 0.217. The van der Waals surface area contributed by atoms with Gasteiger partial charge in [0, 0.05) is 6.04 Å². The van der Waals surface area contributed by atoms with Gasteiger partial charge >= 0.3 is 0 Å². The second-order valence-electron chi connectivity index (χ2n) is 3.70. The first-order valence-electron chi connectivity index (χ1n) is 4.65. The number of nitrogen functional groups attached to an aromatic ring is 1. The zero-order valence-electron chi connectivity index (χ0n) is 7.70. The number of hydrogen-bond donors (Lipinski definition) is 3. The van der Waals surface area contributed by atoms with E-state index in [9.17, 15) is 4.39 Å². The van der Waals surface area contributed by atoms with Crippen LogP contribution >= 0.6 is 0 Å². The predicted octanol–water partition coefficient (Wildman–Crippen LogP) is 1.34. The molecule has 0 aliphatic heterocycles. The highest BCUT2D eigenvalue weighted by Gasteiger charge is 2.27. The van der Waals surface area contributed by atoms with E-state index >= 15 is 0 Å². The smallest absolute Gasteiger partial charge is 0.125 e. The highest BCUT2D eigenvalue weighted by atomic mass is 19.1. The summed E-state index contributed by atoms with van der Waals surface area (Å²) in [4.78, 5) is 0. The van der Waals surface area contributed by atoms with Crippen molar-refractivity contribution in [1.29, 1.82) is 0 Å². The summed E-state index contributed by atoms with van der Waals surface area (Å²) < 4.78 is 12.9. The summed E-state index contributed by atoms with van der Waals surface area (Å²) in [6.45, 7) is 0. The average molecular weight is 196 g/mol. The lowest BCUT2D eigenvalue weighted by Crippen LogP contribution is -2.39. The van der Waals surface area contributed by atoms with Crippen molar-refractivity contribution in [2.45, 2.75) is 25.0 Å². The summed E-state index contributed by atoms with van der Waals surface area (Å²) in [6.07, 6.45) is 1.19. The zero-order chi connectivity index (χ0) is 10.1. The number of benzene rings is 1. The van der Waals surface area contributed by atoms with Gasteiger partial charge in [0.15, 0.2) is 0 Å². The Morgan fingerprint density at radius 1 is 1.43 bits per heavy atom. The standard InChI is InChI=1S/C10H13FN2O/c11-6-1-2-9(12)10(3-6)13-7-4-8(14)5-7/h1-3,7-8,13-14H,4-5,12H2. The first-order valence-corrected chi connectivity index (χ1v) is 4.65. The maximum Gasteiger partial charge on any atom is 0.125 e. The Labute approximate surface area is 81.7 Å². The summed E-state index contributed by atoms with van der Waals surface area (Å²) in [5.41, 5.74) is 6.81. The molecule has 0 saturated heterocycles. The van der Waals surface area contributed by atoms with Crippen LogP contribution in [0, 0.1) is 5.82 Å². The third kappa shape index (κ3) is 1.80. The molecule has 0 unspecified atom stereocenters. The van der Waals surface area contributed by atoms with Crippen LogP contribution in [0.2, 0.25) is 0 Å². The largest absolute Gasteiger partial charge is 0.397 e. The van der Waals surface area contributed by atoms with Crippen molar-refractivity contribution in [3.05, 3.63) is 24.0 Å². The van der Waals surface area contributed by atoms with Crippen molar-refractivity contribution < 1.29 is 9.50 Å². The van der Waals surface area contributed by atoms with E-state index in [1.165, 1.54) is 18.2 Å². The van der Waals surface area contributed by atoms with Crippen LogP contribution in [0.25, 0.3) is 0 Å². The van der Waals surface area contributed by atoms with E-state index in [1.807, 2.05) is 0 Å². The molecule has 0 radical (unpaired) electrons. The molecule has 0 amide bonds. The molecule has 1 aromatic carbocycles. The molecule has 1 aliphatic carbocycles. The Bertz CT molecular complexity index is 337. The normalized spacial score (nSPS) is 25.6. The second-order valence-corrected chi connectivity index (χ2v) is 3.70. The minimum atomic E-state index is -0.304. The van der Waals surface area contributed by atoms with Crippen LogP contribution in [0.4, 0.5) is 15.8 Å². The van der Waals surface area contributed by atoms with Gasteiger partial charge in [0.05, 0.1) is 17.5 Å². The van der Waals surface area contributed by atoms with Crippen molar-refractivity contribution in [3.8, 4) is 0 Å².